The van der Waals surface area contributed by atoms with Crippen LogP contribution in [0.25, 0.3) is 11.1 Å². The standard InChI is InChI=1S/C32H33ClFN3O5/c1-21-10-7-14-26(34)25(21)18-36-22(2)29(24-13-8-15-28(41-3)30(24)33)31(39)37(32(36)40)19-27(23-11-5-4-6-12-23)35-16-9-17-42-20-38/h4-8,10-15,20,27,35H,9,16-19H2,1-3H3/t27-/m0/s1/i2D3. The number of hydrogen-bond acceptors (Lipinski definition) is 6. The summed E-state index contributed by atoms with van der Waals surface area (Å²) in [6.45, 7) is -1.10. The zero-order valence-corrected chi connectivity index (χ0v) is 24.0. The van der Waals surface area contributed by atoms with Crippen LogP contribution in [-0.4, -0.2) is 35.9 Å². The Bertz CT molecular complexity index is 1760. The molecule has 42 heavy (non-hydrogen) atoms. The maximum absolute atomic E-state index is 15.1. The molecule has 0 unspecified atom stereocenters. The Kier molecular flexibility index (Phi) is 8.96. The van der Waals surface area contributed by atoms with Gasteiger partial charge in [0.1, 0.15) is 11.6 Å². The number of aryl methyl sites for hydroxylation is 1. The lowest BCUT2D eigenvalue weighted by Gasteiger charge is -2.23. The summed E-state index contributed by atoms with van der Waals surface area (Å²) in [5, 5.41) is 3.28. The maximum Gasteiger partial charge on any atom is 0.331 e. The van der Waals surface area contributed by atoms with Crippen LogP contribution >= 0.6 is 11.6 Å². The predicted octanol–water partition coefficient (Wildman–Crippen LogP) is 5.04. The summed E-state index contributed by atoms with van der Waals surface area (Å²) in [5.41, 5.74) is -1.30. The second kappa shape index (κ2) is 14.1. The van der Waals surface area contributed by atoms with Crippen LogP contribution in [0.3, 0.4) is 0 Å². The molecule has 0 bridgehead atoms. The van der Waals surface area contributed by atoms with Crippen molar-refractivity contribution in [1.29, 1.82) is 0 Å². The molecular weight excluding hydrogens is 561 g/mol. The Labute approximate surface area is 252 Å². The van der Waals surface area contributed by atoms with Crippen LogP contribution in [0.1, 0.15) is 39.0 Å². The van der Waals surface area contributed by atoms with Gasteiger partial charge in [-0.1, -0.05) is 66.2 Å². The molecule has 8 nitrogen and oxygen atoms in total. The molecule has 0 aliphatic carbocycles. The quantitative estimate of drug-likeness (QED) is 0.172. The van der Waals surface area contributed by atoms with Crippen molar-refractivity contribution in [3.63, 3.8) is 0 Å². The number of rotatable bonds is 13. The molecule has 0 radical (unpaired) electrons. The SMILES string of the molecule is [2H]C([2H])([2H])c1c(-c2cccc(OC)c2Cl)c(=O)n(C[C@H](NCCCOC=O)c2ccccc2)c(=O)n1Cc1c(C)cccc1F. The van der Waals surface area contributed by atoms with Crippen molar-refractivity contribution in [3.8, 4) is 16.9 Å². The second-order valence-corrected chi connectivity index (χ2v) is 9.98. The molecule has 4 aromatic rings. The highest BCUT2D eigenvalue weighted by molar-refractivity contribution is 6.34. The number of methoxy groups -OCH3 is 1. The van der Waals surface area contributed by atoms with Crippen molar-refractivity contribution in [2.45, 2.75) is 39.3 Å². The molecule has 0 spiro atoms. The average Bonchev–Trinajstić information content (AvgIpc) is 3.01. The first-order valence-corrected chi connectivity index (χ1v) is 13.7. The van der Waals surface area contributed by atoms with E-state index in [9.17, 15) is 14.4 Å². The molecule has 10 heteroatoms. The number of benzene rings is 3. The molecule has 0 fully saturated rings. The van der Waals surface area contributed by atoms with E-state index in [4.69, 9.17) is 25.2 Å². The fourth-order valence-electron chi connectivity index (χ4n) is 4.77. The van der Waals surface area contributed by atoms with Crippen LogP contribution in [-0.2, 0) is 22.6 Å². The Morgan fingerprint density at radius 1 is 1.07 bits per heavy atom. The molecule has 0 saturated heterocycles. The number of carbonyl (C=O) groups is 1. The topological polar surface area (TPSA) is 91.6 Å². The largest absolute Gasteiger partial charge is 0.495 e. The van der Waals surface area contributed by atoms with Gasteiger partial charge in [0.2, 0.25) is 0 Å². The third-order valence-electron chi connectivity index (χ3n) is 7.01. The van der Waals surface area contributed by atoms with Gasteiger partial charge in [0.05, 0.1) is 43.4 Å². The number of hydrogen-bond donors (Lipinski definition) is 1. The summed E-state index contributed by atoms with van der Waals surface area (Å²) in [6, 6.07) is 17.5. The smallest absolute Gasteiger partial charge is 0.331 e. The van der Waals surface area contributed by atoms with Crippen molar-refractivity contribution in [2.24, 2.45) is 0 Å². The van der Waals surface area contributed by atoms with Crippen molar-refractivity contribution in [3.05, 3.63) is 121 Å². The van der Waals surface area contributed by atoms with Crippen molar-refractivity contribution >= 4 is 18.1 Å². The Hall–Kier alpha value is -4.21. The van der Waals surface area contributed by atoms with E-state index < -0.39 is 42.2 Å². The van der Waals surface area contributed by atoms with Crippen molar-refractivity contribution < 1.29 is 22.8 Å². The van der Waals surface area contributed by atoms with E-state index in [1.165, 1.54) is 25.3 Å². The summed E-state index contributed by atoms with van der Waals surface area (Å²) < 4.78 is 52.4. The Morgan fingerprint density at radius 3 is 2.52 bits per heavy atom. The number of ether oxygens (including phenoxy) is 2. The van der Waals surface area contributed by atoms with E-state index in [-0.39, 0.29) is 40.6 Å². The predicted molar refractivity (Wildman–Crippen MR) is 161 cm³/mol. The lowest BCUT2D eigenvalue weighted by molar-refractivity contribution is -0.128. The fraction of sp³-hybridized carbons (Fsp3) is 0.281. The van der Waals surface area contributed by atoms with Crippen molar-refractivity contribution in [1.82, 2.24) is 14.5 Å². The zero-order valence-electron chi connectivity index (χ0n) is 26.2. The summed E-state index contributed by atoms with van der Waals surface area (Å²) in [7, 11) is 1.38. The lowest BCUT2D eigenvalue weighted by Crippen LogP contribution is -2.45. The van der Waals surface area contributed by atoms with Crippen LogP contribution in [0.5, 0.6) is 5.75 Å². The van der Waals surface area contributed by atoms with E-state index in [1.54, 1.807) is 37.3 Å². The van der Waals surface area contributed by atoms with Crippen LogP contribution in [0, 0.1) is 19.6 Å². The van der Waals surface area contributed by atoms with E-state index >= 15 is 4.39 Å². The first kappa shape index (κ1) is 26.7. The second-order valence-electron chi connectivity index (χ2n) is 9.60. The minimum Gasteiger partial charge on any atom is -0.495 e. The van der Waals surface area contributed by atoms with Gasteiger partial charge >= 0.3 is 5.69 Å². The molecule has 1 N–H and O–H groups in total. The molecule has 0 saturated carbocycles. The molecule has 3 aromatic carbocycles. The van der Waals surface area contributed by atoms with Crippen LogP contribution in [0.4, 0.5) is 4.39 Å². The van der Waals surface area contributed by atoms with Gasteiger partial charge in [-0.2, -0.15) is 0 Å². The van der Waals surface area contributed by atoms with Crippen LogP contribution in [0.15, 0.2) is 76.3 Å². The molecule has 1 atom stereocenters. The van der Waals surface area contributed by atoms with E-state index in [2.05, 4.69) is 5.32 Å². The first-order chi connectivity index (χ1) is 21.5. The van der Waals surface area contributed by atoms with Gasteiger partial charge in [-0.15, -0.1) is 0 Å². The van der Waals surface area contributed by atoms with Gasteiger partial charge in [-0.3, -0.25) is 18.7 Å². The molecule has 0 aliphatic heterocycles. The Morgan fingerprint density at radius 2 is 1.83 bits per heavy atom. The highest BCUT2D eigenvalue weighted by atomic mass is 35.5. The maximum atomic E-state index is 15.1. The molecule has 1 aromatic heterocycles. The zero-order chi connectivity index (χ0) is 32.7. The van der Waals surface area contributed by atoms with Gasteiger partial charge < -0.3 is 14.8 Å². The molecule has 220 valence electrons. The van der Waals surface area contributed by atoms with Crippen molar-refractivity contribution in [2.75, 3.05) is 20.3 Å². The number of aromatic nitrogens is 2. The third-order valence-corrected chi connectivity index (χ3v) is 7.40. The molecular formula is C32H33ClFN3O5. The fourth-order valence-corrected chi connectivity index (χ4v) is 5.07. The van der Waals surface area contributed by atoms with Crippen LogP contribution < -0.4 is 21.3 Å². The van der Waals surface area contributed by atoms with E-state index in [1.807, 2.05) is 18.2 Å². The Balaban J connectivity index is 2.01. The number of nitrogens with one attached hydrogen (secondary N) is 1. The minimum absolute atomic E-state index is 0.0191. The minimum atomic E-state index is -2.98. The highest BCUT2D eigenvalue weighted by Gasteiger charge is 2.24. The molecule has 1 heterocycles. The summed E-state index contributed by atoms with van der Waals surface area (Å²) >= 11 is 6.65. The normalized spacial score (nSPS) is 13.1. The van der Waals surface area contributed by atoms with Gasteiger partial charge in [0, 0.05) is 20.9 Å². The van der Waals surface area contributed by atoms with Gasteiger partial charge in [0.15, 0.2) is 0 Å². The van der Waals surface area contributed by atoms with Crippen LogP contribution in [0.2, 0.25) is 5.02 Å². The summed E-state index contributed by atoms with van der Waals surface area (Å²) in [5.74, 6) is -0.431. The van der Waals surface area contributed by atoms with Gasteiger partial charge in [-0.25, -0.2) is 9.18 Å². The monoisotopic (exact) mass is 596 g/mol. The average molecular weight is 597 g/mol. The third kappa shape index (κ3) is 6.64. The summed E-state index contributed by atoms with van der Waals surface area (Å²) in [4.78, 5) is 39.2. The number of halogens is 2. The van der Waals surface area contributed by atoms with E-state index in [0.29, 0.717) is 25.0 Å². The lowest BCUT2D eigenvalue weighted by atomic mass is 10.0. The molecule has 0 aliphatic rings. The van der Waals surface area contributed by atoms with Gasteiger partial charge in [-0.05, 0) is 50.0 Å². The van der Waals surface area contributed by atoms with E-state index in [0.717, 1.165) is 14.7 Å². The number of nitrogens with zero attached hydrogens (tertiary/aromatic N) is 2. The molecule has 4 rings (SSSR count). The highest BCUT2D eigenvalue weighted by Crippen LogP contribution is 2.35. The molecule has 0 amide bonds. The van der Waals surface area contributed by atoms with Gasteiger partial charge in [0.25, 0.3) is 12.0 Å². The first-order valence-electron chi connectivity index (χ1n) is 14.8. The number of carbonyl (C=O) groups excluding carboxylic acids is 1. The summed E-state index contributed by atoms with van der Waals surface area (Å²) in [6.07, 6.45) is 0.455.